The summed E-state index contributed by atoms with van der Waals surface area (Å²) in [7, 11) is 0.260. The van der Waals surface area contributed by atoms with Gasteiger partial charge in [0.15, 0.2) is 5.96 Å². The number of nitrogens with one attached hydrogen (secondary N) is 1. The van der Waals surface area contributed by atoms with Gasteiger partial charge in [0, 0.05) is 46.4 Å². The minimum atomic E-state index is -3.14. The molecule has 1 N–H and O–H groups in total. The molecule has 0 spiro atoms. The number of hydrogen-bond acceptors (Lipinski definition) is 5. The molecule has 2 aliphatic rings. The average Bonchev–Trinajstić information content (AvgIpc) is 2.97. The van der Waals surface area contributed by atoms with Gasteiger partial charge in [0.05, 0.1) is 25.6 Å². The lowest BCUT2D eigenvalue weighted by atomic mass is 10.2. The molecule has 2 fully saturated rings. The second-order valence-corrected chi connectivity index (χ2v) is 7.93. The van der Waals surface area contributed by atoms with Crippen molar-refractivity contribution in [1.29, 1.82) is 0 Å². The summed E-state index contributed by atoms with van der Waals surface area (Å²) in [5.74, 6) is 0.787. The largest absolute Gasteiger partial charge is 0.382 e. The first-order chi connectivity index (χ1) is 11.0. The summed E-state index contributed by atoms with van der Waals surface area (Å²) in [6.07, 6.45) is 3.10. The molecule has 23 heavy (non-hydrogen) atoms. The van der Waals surface area contributed by atoms with Crippen LogP contribution in [0.1, 0.15) is 12.8 Å². The summed E-state index contributed by atoms with van der Waals surface area (Å²) in [6, 6.07) is -0.00226. The lowest BCUT2D eigenvalue weighted by Crippen LogP contribution is -2.53. The van der Waals surface area contributed by atoms with Crippen LogP contribution in [0, 0.1) is 0 Å². The third-order valence-electron chi connectivity index (χ3n) is 4.25. The Kier molecular flexibility index (Phi) is 6.63. The molecule has 8 nitrogen and oxygen atoms in total. The quantitative estimate of drug-likeness (QED) is 0.524. The van der Waals surface area contributed by atoms with Crippen LogP contribution in [0.25, 0.3) is 0 Å². The van der Waals surface area contributed by atoms with Gasteiger partial charge in [-0.15, -0.1) is 0 Å². The Balaban J connectivity index is 1.90. The molecule has 134 valence electrons. The van der Waals surface area contributed by atoms with Crippen molar-refractivity contribution in [3.05, 3.63) is 0 Å². The molecule has 0 aromatic carbocycles. The topological polar surface area (TPSA) is 83.5 Å². The van der Waals surface area contributed by atoms with E-state index in [1.54, 1.807) is 18.5 Å². The Morgan fingerprint density at radius 1 is 1.43 bits per heavy atom. The number of sulfonamides is 1. The van der Waals surface area contributed by atoms with E-state index in [0.29, 0.717) is 32.8 Å². The number of methoxy groups -OCH3 is 1. The molecule has 0 radical (unpaired) electrons. The highest BCUT2D eigenvalue weighted by atomic mass is 32.2. The molecule has 2 atom stereocenters. The zero-order valence-electron chi connectivity index (χ0n) is 14.2. The van der Waals surface area contributed by atoms with Crippen molar-refractivity contribution in [1.82, 2.24) is 14.5 Å². The zero-order chi connectivity index (χ0) is 16.9. The van der Waals surface area contributed by atoms with Crippen LogP contribution in [-0.4, -0.2) is 95.5 Å². The number of guanidine groups is 1. The van der Waals surface area contributed by atoms with Gasteiger partial charge >= 0.3 is 0 Å². The minimum absolute atomic E-state index is 0.00226. The lowest BCUT2D eigenvalue weighted by molar-refractivity contribution is -0.0447. The van der Waals surface area contributed by atoms with Crippen LogP contribution in [0.4, 0.5) is 0 Å². The molecule has 0 aliphatic carbocycles. The standard InChI is InChI=1S/C14H28N4O4S/c1-15-14(17-7-8-22-13(10-17)11-21-2)16-9-12-5-4-6-18(12)23(3,19)20/h12-13H,4-11H2,1-3H3,(H,15,16)/t12-,13?/m1/s1. The van der Waals surface area contributed by atoms with Crippen molar-refractivity contribution in [2.75, 3.05) is 59.8 Å². The summed E-state index contributed by atoms with van der Waals surface area (Å²) in [5.41, 5.74) is 0. The van der Waals surface area contributed by atoms with Crippen LogP contribution in [0.3, 0.4) is 0 Å². The Bertz CT molecular complexity index is 509. The molecular weight excluding hydrogens is 320 g/mol. The van der Waals surface area contributed by atoms with Gasteiger partial charge in [-0.05, 0) is 12.8 Å². The van der Waals surface area contributed by atoms with Gasteiger partial charge in [-0.1, -0.05) is 0 Å². The van der Waals surface area contributed by atoms with Crippen molar-refractivity contribution in [2.45, 2.75) is 25.0 Å². The molecule has 0 amide bonds. The fourth-order valence-electron chi connectivity index (χ4n) is 3.19. The van der Waals surface area contributed by atoms with Crippen molar-refractivity contribution in [3.8, 4) is 0 Å². The van der Waals surface area contributed by atoms with E-state index in [9.17, 15) is 8.42 Å². The molecule has 0 aromatic rings. The Hall–Kier alpha value is -0.900. The van der Waals surface area contributed by atoms with Crippen LogP contribution in [0.5, 0.6) is 0 Å². The van der Waals surface area contributed by atoms with Gasteiger partial charge in [-0.2, -0.15) is 4.31 Å². The third kappa shape index (κ3) is 5.03. The van der Waals surface area contributed by atoms with Crippen LogP contribution in [-0.2, 0) is 19.5 Å². The first kappa shape index (κ1) is 18.4. The van der Waals surface area contributed by atoms with Crippen LogP contribution in [0.2, 0.25) is 0 Å². The van der Waals surface area contributed by atoms with Gasteiger partial charge in [-0.25, -0.2) is 8.42 Å². The SMILES string of the molecule is CN=C(NC[C@H]1CCCN1S(C)(=O)=O)N1CCOC(COC)C1. The molecule has 0 bridgehead atoms. The van der Waals surface area contributed by atoms with Gasteiger partial charge < -0.3 is 19.7 Å². The number of nitrogens with zero attached hydrogens (tertiary/aromatic N) is 3. The van der Waals surface area contributed by atoms with E-state index in [1.807, 2.05) is 0 Å². The fraction of sp³-hybridized carbons (Fsp3) is 0.929. The predicted molar refractivity (Wildman–Crippen MR) is 89.1 cm³/mol. The molecule has 2 heterocycles. The molecule has 0 saturated carbocycles. The van der Waals surface area contributed by atoms with Crippen LogP contribution < -0.4 is 5.32 Å². The van der Waals surface area contributed by atoms with Crippen molar-refractivity contribution in [3.63, 3.8) is 0 Å². The predicted octanol–water partition coefficient (Wildman–Crippen LogP) is -0.667. The van der Waals surface area contributed by atoms with E-state index >= 15 is 0 Å². The summed E-state index contributed by atoms with van der Waals surface area (Å²) < 4.78 is 36.0. The number of hydrogen-bond donors (Lipinski definition) is 1. The van der Waals surface area contributed by atoms with Gasteiger partial charge in [0.1, 0.15) is 0 Å². The molecule has 2 rings (SSSR count). The highest BCUT2D eigenvalue weighted by molar-refractivity contribution is 7.88. The fourth-order valence-corrected chi connectivity index (χ4v) is 4.37. The van der Waals surface area contributed by atoms with E-state index in [2.05, 4.69) is 15.2 Å². The maximum absolute atomic E-state index is 11.8. The number of aliphatic imine (C=N–C) groups is 1. The Labute approximate surface area is 138 Å². The normalized spacial score (nSPS) is 27.4. The zero-order valence-corrected chi connectivity index (χ0v) is 15.0. The van der Waals surface area contributed by atoms with Crippen molar-refractivity contribution in [2.24, 2.45) is 4.99 Å². The molecule has 0 aromatic heterocycles. The maximum atomic E-state index is 11.8. The highest BCUT2D eigenvalue weighted by Gasteiger charge is 2.32. The summed E-state index contributed by atoms with van der Waals surface area (Å²) in [6.45, 7) is 3.85. The molecular formula is C14H28N4O4S. The first-order valence-corrected chi connectivity index (χ1v) is 9.83. The second-order valence-electron chi connectivity index (χ2n) is 5.99. The highest BCUT2D eigenvalue weighted by Crippen LogP contribution is 2.19. The summed E-state index contributed by atoms with van der Waals surface area (Å²) in [4.78, 5) is 6.45. The second kappa shape index (κ2) is 8.27. The minimum Gasteiger partial charge on any atom is -0.382 e. The first-order valence-electron chi connectivity index (χ1n) is 7.98. The summed E-state index contributed by atoms with van der Waals surface area (Å²) in [5, 5.41) is 3.32. The van der Waals surface area contributed by atoms with Gasteiger partial charge in [0.25, 0.3) is 0 Å². The third-order valence-corrected chi connectivity index (χ3v) is 5.58. The summed E-state index contributed by atoms with van der Waals surface area (Å²) >= 11 is 0. The number of rotatable bonds is 5. The molecule has 1 unspecified atom stereocenters. The van der Waals surface area contributed by atoms with Gasteiger partial charge in [0.2, 0.25) is 10.0 Å². The Morgan fingerprint density at radius 2 is 2.22 bits per heavy atom. The van der Waals surface area contributed by atoms with E-state index in [0.717, 1.165) is 25.3 Å². The van der Waals surface area contributed by atoms with E-state index < -0.39 is 10.0 Å². The number of morpholine rings is 1. The molecule has 9 heteroatoms. The van der Waals surface area contributed by atoms with E-state index in [4.69, 9.17) is 9.47 Å². The smallest absolute Gasteiger partial charge is 0.211 e. The monoisotopic (exact) mass is 348 g/mol. The van der Waals surface area contributed by atoms with Crippen molar-refractivity contribution < 1.29 is 17.9 Å². The number of ether oxygens (including phenoxy) is 2. The van der Waals surface area contributed by atoms with Gasteiger partial charge in [-0.3, -0.25) is 4.99 Å². The van der Waals surface area contributed by atoms with E-state index in [1.165, 1.54) is 6.26 Å². The molecule has 2 saturated heterocycles. The van der Waals surface area contributed by atoms with Crippen LogP contribution in [0.15, 0.2) is 4.99 Å². The maximum Gasteiger partial charge on any atom is 0.211 e. The lowest BCUT2D eigenvalue weighted by Gasteiger charge is -2.35. The average molecular weight is 348 g/mol. The molecule has 2 aliphatic heterocycles. The van der Waals surface area contributed by atoms with Crippen molar-refractivity contribution >= 4 is 16.0 Å². The van der Waals surface area contributed by atoms with E-state index in [-0.39, 0.29) is 12.1 Å². The van der Waals surface area contributed by atoms with Crippen LogP contribution >= 0.6 is 0 Å². The Morgan fingerprint density at radius 3 is 2.87 bits per heavy atom.